The van der Waals surface area contributed by atoms with Crippen LogP contribution in [0.5, 0.6) is 0 Å². The Hall–Kier alpha value is -0.0600. The van der Waals surface area contributed by atoms with E-state index in [4.69, 9.17) is 11.6 Å². The number of benzene rings is 1. The van der Waals surface area contributed by atoms with E-state index in [1.165, 1.54) is 0 Å². The van der Waals surface area contributed by atoms with Gasteiger partial charge in [-0.3, -0.25) is 4.79 Å². The molecule has 0 aromatic heterocycles. The third-order valence-electron chi connectivity index (χ3n) is 2.97. The minimum absolute atomic E-state index is 0.0568. The van der Waals surface area contributed by atoms with Crippen LogP contribution in [0.4, 0.5) is 0 Å². The summed E-state index contributed by atoms with van der Waals surface area (Å²) in [6.07, 6.45) is 2.04. The van der Waals surface area contributed by atoms with Gasteiger partial charge in [-0.1, -0.05) is 15.9 Å². The minimum atomic E-state index is 0.0568. The largest absolute Gasteiger partial charge is 0.334 e. The fourth-order valence-electron chi connectivity index (χ4n) is 2.08. The summed E-state index contributed by atoms with van der Waals surface area (Å²) in [5, 5.41) is 0. The molecular weight excluding hydrogens is 369 g/mol. The predicted molar refractivity (Wildman–Crippen MR) is 76.6 cm³/mol. The second-order valence-electron chi connectivity index (χ2n) is 4.07. The summed E-state index contributed by atoms with van der Waals surface area (Å²) in [4.78, 5) is 14.3. The monoisotopic (exact) mass is 379 g/mol. The molecule has 5 heteroatoms. The van der Waals surface area contributed by atoms with Crippen molar-refractivity contribution in [1.29, 1.82) is 0 Å². The molecule has 1 heterocycles. The summed E-state index contributed by atoms with van der Waals surface area (Å²) in [6.45, 7) is 0.801. The van der Waals surface area contributed by atoms with Gasteiger partial charge in [0.2, 0.25) is 0 Å². The summed E-state index contributed by atoms with van der Waals surface area (Å²) in [6, 6.07) is 5.80. The number of amides is 1. The lowest BCUT2D eigenvalue weighted by atomic mass is 10.2. The van der Waals surface area contributed by atoms with Gasteiger partial charge in [-0.15, -0.1) is 11.6 Å². The molecule has 92 valence electrons. The van der Waals surface area contributed by atoms with E-state index in [-0.39, 0.29) is 11.9 Å². The SMILES string of the molecule is O=C(c1cc(Br)ccc1Br)N1CCCC1CCl. The van der Waals surface area contributed by atoms with Gasteiger partial charge in [0.05, 0.1) is 5.56 Å². The number of hydrogen-bond acceptors (Lipinski definition) is 1. The lowest BCUT2D eigenvalue weighted by Crippen LogP contribution is -2.36. The molecule has 0 aliphatic carbocycles. The highest BCUT2D eigenvalue weighted by Crippen LogP contribution is 2.26. The van der Waals surface area contributed by atoms with Crippen LogP contribution >= 0.6 is 43.5 Å². The smallest absolute Gasteiger partial charge is 0.255 e. The number of nitrogens with zero attached hydrogens (tertiary/aromatic N) is 1. The standard InChI is InChI=1S/C12H12Br2ClNO/c13-8-3-4-11(14)10(6-8)12(17)16-5-1-2-9(16)7-15/h3-4,6,9H,1-2,5,7H2. The highest BCUT2D eigenvalue weighted by Gasteiger charge is 2.29. The first-order valence-electron chi connectivity index (χ1n) is 5.45. The van der Waals surface area contributed by atoms with Crippen LogP contribution in [0.25, 0.3) is 0 Å². The lowest BCUT2D eigenvalue weighted by molar-refractivity contribution is 0.0748. The van der Waals surface area contributed by atoms with Gasteiger partial charge in [-0.2, -0.15) is 0 Å². The molecule has 1 atom stereocenters. The molecule has 2 nitrogen and oxygen atoms in total. The Morgan fingerprint density at radius 3 is 2.94 bits per heavy atom. The van der Waals surface area contributed by atoms with E-state index in [0.717, 1.165) is 28.3 Å². The molecule has 1 unspecified atom stereocenters. The number of hydrogen-bond donors (Lipinski definition) is 0. The Morgan fingerprint density at radius 2 is 2.24 bits per heavy atom. The van der Waals surface area contributed by atoms with Gasteiger partial charge in [0.1, 0.15) is 0 Å². The topological polar surface area (TPSA) is 20.3 Å². The van der Waals surface area contributed by atoms with E-state index in [2.05, 4.69) is 31.9 Å². The average Bonchev–Trinajstić information content (AvgIpc) is 2.79. The van der Waals surface area contributed by atoms with Crippen molar-refractivity contribution in [3.63, 3.8) is 0 Å². The number of carbonyl (C=O) groups excluding carboxylic acids is 1. The Morgan fingerprint density at radius 1 is 1.47 bits per heavy atom. The zero-order valence-corrected chi connectivity index (χ0v) is 13.1. The van der Waals surface area contributed by atoms with Gasteiger partial charge in [0, 0.05) is 27.4 Å². The molecule has 1 aliphatic heterocycles. The number of halogens is 3. The van der Waals surface area contributed by atoms with Crippen molar-refractivity contribution in [2.24, 2.45) is 0 Å². The molecule has 1 aromatic carbocycles. The van der Waals surface area contributed by atoms with Crippen LogP contribution in [0.3, 0.4) is 0 Å². The maximum atomic E-state index is 12.4. The summed E-state index contributed by atoms with van der Waals surface area (Å²) in [5.41, 5.74) is 0.691. The highest BCUT2D eigenvalue weighted by molar-refractivity contribution is 9.11. The molecule has 1 aromatic rings. The van der Waals surface area contributed by atoms with Crippen LogP contribution in [-0.2, 0) is 0 Å². The molecule has 2 rings (SSSR count). The molecule has 0 N–H and O–H groups in total. The van der Waals surface area contributed by atoms with Crippen LogP contribution in [0.15, 0.2) is 27.1 Å². The average molecular weight is 381 g/mol. The van der Waals surface area contributed by atoms with Crippen LogP contribution in [-0.4, -0.2) is 29.3 Å². The second kappa shape index (κ2) is 5.72. The van der Waals surface area contributed by atoms with E-state index >= 15 is 0 Å². The zero-order chi connectivity index (χ0) is 12.4. The van der Waals surface area contributed by atoms with Crippen molar-refractivity contribution in [2.45, 2.75) is 18.9 Å². The van der Waals surface area contributed by atoms with E-state index in [9.17, 15) is 4.79 Å². The van der Waals surface area contributed by atoms with Crippen molar-refractivity contribution in [2.75, 3.05) is 12.4 Å². The molecule has 0 radical (unpaired) electrons. The van der Waals surface area contributed by atoms with Crippen molar-refractivity contribution >= 4 is 49.4 Å². The molecule has 0 spiro atoms. The molecular formula is C12H12Br2ClNO. The predicted octanol–water partition coefficient (Wildman–Crippen LogP) is 4.06. The number of alkyl halides is 1. The number of rotatable bonds is 2. The molecule has 0 bridgehead atoms. The van der Waals surface area contributed by atoms with Gasteiger partial charge in [-0.05, 0) is 47.0 Å². The van der Waals surface area contributed by atoms with Crippen molar-refractivity contribution in [1.82, 2.24) is 4.90 Å². The quantitative estimate of drug-likeness (QED) is 0.708. The molecule has 17 heavy (non-hydrogen) atoms. The maximum absolute atomic E-state index is 12.4. The van der Waals surface area contributed by atoms with Gasteiger partial charge in [0.15, 0.2) is 0 Å². The Bertz CT molecular complexity index is 439. The molecule has 1 amide bonds. The van der Waals surface area contributed by atoms with Gasteiger partial charge in [-0.25, -0.2) is 0 Å². The molecule has 1 saturated heterocycles. The van der Waals surface area contributed by atoms with Gasteiger partial charge < -0.3 is 4.90 Å². The summed E-state index contributed by atoms with van der Waals surface area (Å²) >= 11 is 12.7. The maximum Gasteiger partial charge on any atom is 0.255 e. The Balaban J connectivity index is 2.27. The Labute approximate surface area is 123 Å². The number of likely N-dealkylation sites (tertiary alicyclic amines) is 1. The van der Waals surface area contributed by atoms with E-state index in [1.807, 2.05) is 23.1 Å². The first-order chi connectivity index (χ1) is 8.13. The van der Waals surface area contributed by atoms with Crippen molar-refractivity contribution in [3.05, 3.63) is 32.7 Å². The Kier molecular flexibility index (Phi) is 4.50. The van der Waals surface area contributed by atoms with Crippen LogP contribution in [0.1, 0.15) is 23.2 Å². The first-order valence-corrected chi connectivity index (χ1v) is 7.57. The molecule has 1 fully saturated rings. The van der Waals surface area contributed by atoms with Crippen molar-refractivity contribution < 1.29 is 4.79 Å². The van der Waals surface area contributed by atoms with E-state index in [0.29, 0.717) is 11.4 Å². The first kappa shape index (κ1) is 13.4. The van der Waals surface area contributed by atoms with Crippen LogP contribution < -0.4 is 0 Å². The van der Waals surface area contributed by atoms with Gasteiger partial charge in [0.25, 0.3) is 5.91 Å². The summed E-state index contributed by atoms with van der Waals surface area (Å²) in [5.74, 6) is 0.568. The van der Waals surface area contributed by atoms with E-state index in [1.54, 1.807) is 0 Å². The molecule has 1 aliphatic rings. The van der Waals surface area contributed by atoms with Crippen LogP contribution in [0, 0.1) is 0 Å². The third kappa shape index (κ3) is 2.85. The normalized spacial score (nSPS) is 19.7. The van der Waals surface area contributed by atoms with Crippen LogP contribution in [0.2, 0.25) is 0 Å². The fourth-order valence-corrected chi connectivity index (χ4v) is 3.18. The van der Waals surface area contributed by atoms with E-state index < -0.39 is 0 Å². The lowest BCUT2D eigenvalue weighted by Gasteiger charge is -2.23. The highest BCUT2D eigenvalue weighted by atomic mass is 79.9. The molecule has 0 saturated carbocycles. The summed E-state index contributed by atoms with van der Waals surface area (Å²) < 4.78 is 1.73. The van der Waals surface area contributed by atoms with Crippen molar-refractivity contribution in [3.8, 4) is 0 Å². The fraction of sp³-hybridized carbons (Fsp3) is 0.417. The third-order valence-corrected chi connectivity index (χ3v) is 4.52. The second-order valence-corrected chi connectivity index (χ2v) is 6.15. The summed E-state index contributed by atoms with van der Waals surface area (Å²) in [7, 11) is 0. The van der Waals surface area contributed by atoms with Gasteiger partial charge >= 0.3 is 0 Å². The minimum Gasteiger partial charge on any atom is -0.334 e. The zero-order valence-electron chi connectivity index (χ0n) is 9.13. The number of carbonyl (C=O) groups is 1.